The van der Waals surface area contributed by atoms with Gasteiger partial charge in [0.25, 0.3) is 5.91 Å². The summed E-state index contributed by atoms with van der Waals surface area (Å²) in [5.74, 6) is -0.995. The summed E-state index contributed by atoms with van der Waals surface area (Å²) in [7, 11) is 1.19. The number of amides is 1. The van der Waals surface area contributed by atoms with Crippen molar-refractivity contribution in [3.05, 3.63) is 29.8 Å². The van der Waals surface area contributed by atoms with Gasteiger partial charge in [0.1, 0.15) is 0 Å². The van der Waals surface area contributed by atoms with E-state index < -0.39 is 23.1 Å². The molecule has 120 valence electrons. The number of hydrogen-bond donors (Lipinski definition) is 2. The van der Waals surface area contributed by atoms with Crippen molar-refractivity contribution in [3.8, 4) is 0 Å². The molecule has 7 nitrogen and oxygen atoms in total. The lowest BCUT2D eigenvalue weighted by atomic mass is 10.1. The van der Waals surface area contributed by atoms with E-state index >= 15 is 0 Å². The summed E-state index contributed by atoms with van der Waals surface area (Å²) in [6.45, 7) is 2.05. The van der Waals surface area contributed by atoms with Crippen LogP contribution in [0.3, 0.4) is 0 Å². The number of hydrogen-bond acceptors (Lipinski definition) is 5. The zero-order valence-corrected chi connectivity index (χ0v) is 13.2. The van der Waals surface area contributed by atoms with Crippen molar-refractivity contribution < 1.29 is 13.6 Å². The van der Waals surface area contributed by atoms with Gasteiger partial charge in [0.15, 0.2) is 0 Å². The Labute approximate surface area is 132 Å². The predicted octanol–water partition coefficient (Wildman–Crippen LogP) is 1.07. The second kappa shape index (κ2) is 7.37. The molecule has 1 fully saturated rings. The maximum atomic E-state index is 12.0. The van der Waals surface area contributed by atoms with E-state index in [2.05, 4.69) is 10.2 Å². The first-order chi connectivity index (χ1) is 10.5. The SMILES string of the molecule is CN(C(=N)NC(=O)c1ccc(N2CCCCC2)cc1)S(=O)[O-]. The number of benzene rings is 1. The number of carbonyl (C=O) groups excluding carboxylic acids is 1. The molecule has 0 spiro atoms. The molecule has 1 atom stereocenters. The highest BCUT2D eigenvalue weighted by Crippen LogP contribution is 2.20. The number of rotatable bonds is 3. The molecule has 1 amide bonds. The molecule has 0 bridgehead atoms. The van der Waals surface area contributed by atoms with Crippen molar-refractivity contribution in [2.75, 3.05) is 25.0 Å². The molecule has 1 heterocycles. The summed E-state index contributed by atoms with van der Waals surface area (Å²) in [5.41, 5.74) is 1.46. The van der Waals surface area contributed by atoms with Gasteiger partial charge in [-0.1, -0.05) is 0 Å². The fourth-order valence-electron chi connectivity index (χ4n) is 2.31. The zero-order valence-electron chi connectivity index (χ0n) is 12.4. The first-order valence-electron chi connectivity index (χ1n) is 7.07. The van der Waals surface area contributed by atoms with Crippen molar-refractivity contribution in [1.29, 1.82) is 5.41 Å². The van der Waals surface area contributed by atoms with Crippen LogP contribution in [-0.2, 0) is 11.3 Å². The average molecular weight is 323 g/mol. The maximum absolute atomic E-state index is 12.0. The van der Waals surface area contributed by atoms with Crippen LogP contribution in [0, 0.1) is 5.41 Å². The Hall–Kier alpha value is -1.93. The van der Waals surface area contributed by atoms with Crippen molar-refractivity contribution >= 4 is 28.8 Å². The topological polar surface area (TPSA) is 99.6 Å². The van der Waals surface area contributed by atoms with Crippen LogP contribution in [0.5, 0.6) is 0 Å². The van der Waals surface area contributed by atoms with Crippen LogP contribution in [-0.4, -0.2) is 45.1 Å². The molecule has 0 aromatic heterocycles. The third-order valence-corrected chi connectivity index (χ3v) is 4.25. The Kier molecular flexibility index (Phi) is 5.51. The van der Waals surface area contributed by atoms with Crippen LogP contribution in [0.4, 0.5) is 5.69 Å². The molecule has 8 heteroatoms. The third kappa shape index (κ3) is 4.05. The van der Waals surface area contributed by atoms with E-state index in [-0.39, 0.29) is 0 Å². The fourth-order valence-corrected chi connectivity index (χ4v) is 2.50. The van der Waals surface area contributed by atoms with E-state index in [0.29, 0.717) is 9.87 Å². The molecule has 0 radical (unpaired) electrons. The summed E-state index contributed by atoms with van der Waals surface area (Å²) >= 11 is -2.58. The smallest absolute Gasteiger partial charge is 0.257 e. The second-order valence-corrected chi connectivity index (χ2v) is 6.09. The van der Waals surface area contributed by atoms with Crippen molar-refractivity contribution in [2.24, 2.45) is 0 Å². The Morgan fingerprint density at radius 2 is 1.86 bits per heavy atom. The molecule has 22 heavy (non-hydrogen) atoms. The Bertz CT molecular complexity index is 570. The van der Waals surface area contributed by atoms with Gasteiger partial charge in [0.05, 0.1) is 0 Å². The van der Waals surface area contributed by atoms with E-state index in [1.54, 1.807) is 12.1 Å². The Morgan fingerprint density at radius 1 is 1.27 bits per heavy atom. The van der Waals surface area contributed by atoms with Gasteiger partial charge in [0.2, 0.25) is 5.96 Å². The third-order valence-electron chi connectivity index (χ3n) is 3.62. The number of nitrogens with one attached hydrogen (secondary N) is 2. The fraction of sp³-hybridized carbons (Fsp3) is 0.429. The number of anilines is 1. The first kappa shape index (κ1) is 16.4. The van der Waals surface area contributed by atoms with Gasteiger partial charge in [-0.25, -0.2) is 0 Å². The van der Waals surface area contributed by atoms with Crippen LogP contribution in [0.1, 0.15) is 29.6 Å². The molecule has 1 aromatic rings. The van der Waals surface area contributed by atoms with E-state index in [9.17, 15) is 13.6 Å². The highest BCUT2D eigenvalue weighted by atomic mass is 32.2. The average Bonchev–Trinajstić information content (AvgIpc) is 2.54. The highest BCUT2D eigenvalue weighted by molar-refractivity contribution is 7.77. The molecule has 1 saturated heterocycles. The molecule has 1 aliphatic heterocycles. The minimum absolute atomic E-state index is 0.385. The van der Waals surface area contributed by atoms with Gasteiger partial charge >= 0.3 is 0 Å². The molecule has 2 rings (SSSR count). The quantitative estimate of drug-likeness (QED) is 0.493. The van der Waals surface area contributed by atoms with Crippen LogP contribution < -0.4 is 10.2 Å². The number of carbonyl (C=O) groups is 1. The largest absolute Gasteiger partial charge is 0.755 e. The number of guanidine groups is 1. The van der Waals surface area contributed by atoms with Crippen LogP contribution in [0.25, 0.3) is 0 Å². The lowest BCUT2D eigenvalue weighted by molar-refractivity contribution is 0.0974. The number of piperidine rings is 1. The lowest BCUT2D eigenvalue weighted by Crippen LogP contribution is -2.42. The van der Waals surface area contributed by atoms with Gasteiger partial charge in [-0.3, -0.25) is 24.0 Å². The standard InChI is InChI=1S/C14H20N4O3S/c1-17(22(20)21)14(15)16-13(19)11-5-7-12(8-6-11)18-9-3-2-4-10-18/h5-8H,2-4,9-10H2,1H3,(H,20,21)(H2,15,16,19)/p-1. The summed E-state index contributed by atoms with van der Waals surface area (Å²) in [6.07, 6.45) is 3.61. The normalized spacial score (nSPS) is 16.0. The van der Waals surface area contributed by atoms with Crippen LogP contribution >= 0.6 is 0 Å². The Morgan fingerprint density at radius 3 is 2.41 bits per heavy atom. The van der Waals surface area contributed by atoms with E-state index in [4.69, 9.17) is 5.41 Å². The molecule has 0 aliphatic carbocycles. The van der Waals surface area contributed by atoms with E-state index in [1.807, 2.05) is 12.1 Å². The van der Waals surface area contributed by atoms with E-state index in [1.165, 1.54) is 26.3 Å². The maximum Gasteiger partial charge on any atom is 0.257 e. The summed E-state index contributed by atoms with van der Waals surface area (Å²) in [6, 6.07) is 7.11. The lowest BCUT2D eigenvalue weighted by Gasteiger charge is -2.28. The predicted molar refractivity (Wildman–Crippen MR) is 84.4 cm³/mol. The first-order valence-corrected chi connectivity index (χ1v) is 8.10. The molecule has 0 saturated carbocycles. The molecule has 2 N–H and O–H groups in total. The molecule has 1 unspecified atom stereocenters. The van der Waals surface area contributed by atoms with Gasteiger partial charge in [0, 0.05) is 42.7 Å². The second-order valence-electron chi connectivity index (χ2n) is 5.11. The van der Waals surface area contributed by atoms with E-state index in [0.717, 1.165) is 18.8 Å². The minimum atomic E-state index is -2.58. The van der Waals surface area contributed by atoms with Gasteiger partial charge in [-0.15, -0.1) is 0 Å². The van der Waals surface area contributed by atoms with Gasteiger partial charge in [-0.2, -0.15) is 0 Å². The summed E-state index contributed by atoms with van der Waals surface area (Å²) in [5, 5.41) is 9.74. The minimum Gasteiger partial charge on any atom is -0.755 e. The van der Waals surface area contributed by atoms with Gasteiger partial charge in [-0.05, 0) is 43.5 Å². The van der Waals surface area contributed by atoms with Crippen molar-refractivity contribution in [1.82, 2.24) is 9.62 Å². The van der Waals surface area contributed by atoms with Crippen molar-refractivity contribution in [2.45, 2.75) is 19.3 Å². The molecular weight excluding hydrogens is 304 g/mol. The van der Waals surface area contributed by atoms with Gasteiger partial charge < -0.3 is 9.45 Å². The zero-order chi connectivity index (χ0) is 16.1. The molecular formula is C14H19N4O3S-. The highest BCUT2D eigenvalue weighted by Gasteiger charge is 2.14. The Balaban J connectivity index is 1.99. The molecule has 1 aromatic carbocycles. The molecule has 1 aliphatic rings. The van der Waals surface area contributed by atoms with Crippen LogP contribution in [0.15, 0.2) is 24.3 Å². The van der Waals surface area contributed by atoms with Crippen LogP contribution in [0.2, 0.25) is 0 Å². The monoisotopic (exact) mass is 323 g/mol. The van der Waals surface area contributed by atoms with Crippen molar-refractivity contribution in [3.63, 3.8) is 0 Å². The summed E-state index contributed by atoms with van der Waals surface area (Å²) in [4.78, 5) is 14.3. The number of nitrogens with zero attached hydrogens (tertiary/aromatic N) is 2. The summed E-state index contributed by atoms with van der Waals surface area (Å²) < 4.78 is 22.1.